The third kappa shape index (κ3) is 2.07. The number of hydrogen-bond acceptors (Lipinski definition) is 4. The molecule has 5 nitrogen and oxygen atoms in total. The standard InChI is InChI=1S/C21H18N2O3/c24-17-9-11(10-18(25)21(17)26)20-13-4-2-1-3-12(13)19-14-7-8-22-15(14)5-6-16(19)23-20/h5-10,22,24-26H,1-4H2. The van der Waals surface area contributed by atoms with Gasteiger partial charge < -0.3 is 20.3 Å². The fourth-order valence-corrected chi connectivity index (χ4v) is 4.14. The zero-order chi connectivity index (χ0) is 17.8. The first kappa shape index (κ1) is 15.1. The molecule has 2 heterocycles. The number of pyridine rings is 1. The van der Waals surface area contributed by atoms with Crippen LogP contribution < -0.4 is 0 Å². The fraction of sp³-hybridized carbons (Fsp3) is 0.190. The number of nitrogens with zero attached hydrogens (tertiary/aromatic N) is 1. The van der Waals surface area contributed by atoms with Gasteiger partial charge in [0, 0.05) is 28.0 Å². The number of aromatic nitrogens is 2. The summed E-state index contributed by atoms with van der Waals surface area (Å²) in [5.74, 6) is -1.18. The third-order valence-electron chi connectivity index (χ3n) is 5.34. The maximum Gasteiger partial charge on any atom is 0.200 e. The molecule has 0 bridgehead atoms. The second-order valence-corrected chi connectivity index (χ2v) is 6.89. The van der Waals surface area contributed by atoms with E-state index in [1.54, 1.807) is 0 Å². The van der Waals surface area contributed by atoms with Crippen molar-refractivity contribution >= 4 is 21.8 Å². The van der Waals surface area contributed by atoms with Crippen LogP contribution in [0.3, 0.4) is 0 Å². The second kappa shape index (κ2) is 5.39. The number of phenols is 3. The molecule has 2 aromatic heterocycles. The predicted octanol–water partition coefficient (Wildman–Crippen LogP) is 4.38. The maximum atomic E-state index is 9.93. The van der Waals surface area contributed by atoms with E-state index in [2.05, 4.69) is 11.1 Å². The molecule has 0 atom stereocenters. The van der Waals surface area contributed by atoms with Gasteiger partial charge in [0.05, 0.1) is 11.2 Å². The van der Waals surface area contributed by atoms with Crippen LogP contribution in [0.4, 0.5) is 0 Å². The number of aromatic amines is 1. The molecule has 0 saturated heterocycles. The first-order chi connectivity index (χ1) is 12.6. The Kier molecular flexibility index (Phi) is 3.13. The molecular formula is C21H18N2O3. The fourth-order valence-electron chi connectivity index (χ4n) is 4.14. The molecule has 26 heavy (non-hydrogen) atoms. The largest absolute Gasteiger partial charge is 0.504 e. The van der Waals surface area contributed by atoms with Gasteiger partial charge in [-0.3, -0.25) is 0 Å². The third-order valence-corrected chi connectivity index (χ3v) is 5.34. The van der Waals surface area contributed by atoms with Crippen molar-refractivity contribution in [3.8, 4) is 28.5 Å². The summed E-state index contributed by atoms with van der Waals surface area (Å²) < 4.78 is 0. The van der Waals surface area contributed by atoms with Crippen molar-refractivity contribution in [2.75, 3.05) is 0 Å². The minimum absolute atomic E-state index is 0.340. The summed E-state index contributed by atoms with van der Waals surface area (Å²) in [5.41, 5.74) is 5.86. The molecule has 1 aliphatic carbocycles. The molecule has 0 radical (unpaired) electrons. The number of phenolic OH excluding ortho intramolecular Hbond substituents is 3. The van der Waals surface area contributed by atoms with E-state index in [-0.39, 0.29) is 11.5 Å². The van der Waals surface area contributed by atoms with Crippen LogP contribution in [-0.4, -0.2) is 25.3 Å². The van der Waals surface area contributed by atoms with Crippen molar-refractivity contribution in [3.05, 3.63) is 47.7 Å². The number of aryl methyl sites for hydroxylation is 1. The molecule has 2 aromatic carbocycles. The summed E-state index contributed by atoms with van der Waals surface area (Å²) in [6, 6.07) is 9.05. The minimum atomic E-state index is -0.502. The zero-order valence-corrected chi connectivity index (χ0v) is 14.1. The normalized spacial score (nSPS) is 14.0. The van der Waals surface area contributed by atoms with Crippen LogP contribution in [-0.2, 0) is 12.8 Å². The van der Waals surface area contributed by atoms with Crippen LogP contribution in [0.2, 0.25) is 0 Å². The monoisotopic (exact) mass is 346 g/mol. The summed E-state index contributed by atoms with van der Waals surface area (Å²) in [5, 5.41) is 31.9. The van der Waals surface area contributed by atoms with Crippen molar-refractivity contribution in [2.45, 2.75) is 25.7 Å². The predicted molar refractivity (Wildman–Crippen MR) is 101 cm³/mol. The van der Waals surface area contributed by atoms with Crippen molar-refractivity contribution in [2.24, 2.45) is 0 Å². The highest BCUT2D eigenvalue weighted by atomic mass is 16.3. The van der Waals surface area contributed by atoms with E-state index in [0.29, 0.717) is 5.56 Å². The van der Waals surface area contributed by atoms with E-state index in [0.717, 1.165) is 42.4 Å². The highest BCUT2D eigenvalue weighted by molar-refractivity contribution is 6.08. The lowest BCUT2D eigenvalue weighted by Crippen LogP contribution is -2.07. The van der Waals surface area contributed by atoms with Crippen molar-refractivity contribution in [3.63, 3.8) is 0 Å². The van der Waals surface area contributed by atoms with Gasteiger partial charge in [0.15, 0.2) is 17.2 Å². The molecular weight excluding hydrogens is 328 g/mol. The van der Waals surface area contributed by atoms with Gasteiger partial charge >= 0.3 is 0 Å². The van der Waals surface area contributed by atoms with Crippen LogP contribution in [0.1, 0.15) is 24.0 Å². The Labute approximate surface area is 149 Å². The molecule has 0 saturated carbocycles. The number of benzene rings is 2. The summed E-state index contributed by atoms with van der Waals surface area (Å²) >= 11 is 0. The molecule has 4 aromatic rings. The second-order valence-electron chi connectivity index (χ2n) is 6.89. The van der Waals surface area contributed by atoms with Gasteiger partial charge in [-0.05, 0) is 67.1 Å². The summed E-state index contributed by atoms with van der Waals surface area (Å²) in [7, 11) is 0. The Balaban J connectivity index is 1.88. The van der Waals surface area contributed by atoms with Crippen LogP contribution in [0.15, 0.2) is 36.5 Å². The number of rotatable bonds is 1. The summed E-state index contributed by atoms with van der Waals surface area (Å²) in [6.45, 7) is 0. The van der Waals surface area contributed by atoms with Gasteiger partial charge in [0.25, 0.3) is 0 Å². The van der Waals surface area contributed by atoms with Crippen LogP contribution in [0.25, 0.3) is 33.1 Å². The Bertz CT molecular complexity index is 1150. The average molecular weight is 346 g/mol. The number of fused-ring (bicyclic) bond motifs is 5. The molecule has 5 rings (SSSR count). The molecule has 0 spiro atoms. The molecule has 1 aliphatic rings. The van der Waals surface area contributed by atoms with Gasteiger partial charge in [-0.2, -0.15) is 0 Å². The Morgan fingerprint density at radius 3 is 2.38 bits per heavy atom. The highest BCUT2D eigenvalue weighted by Gasteiger charge is 2.22. The maximum absolute atomic E-state index is 9.93. The molecule has 4 N–H and O–H groups in total. The Hall–Kier alpha value is -3.21. The van der Waals surface area contributed by atoms with E-state index < -0.39 is 5.75 Å². The first-order valence-electron chi connectivity index (χ1n) is 8.80. The van der Waals surface area contributed by atoms with E-state index in [1.807, 2.05) is 18.3 Å². The zero-order valence-electron chi connectivity index (χ0n) is 14.1. The topological polar surface area (TPSA) is 89.4 Å². The molecule has 130 valence electrons. The minimum Gasteiger partial charge on any atom is -0.504 e. The number of nitrogens with one attached hydrogen (secondary N) is 1. The van der Waals surface area contributed by atoms with Crippen molar-refractivity contribution < 1.29 is 15.3 Å². The average Bonchev–Trinajstić information content (AvgIpc) is 3.13. The molecule has 0 fully saturated rings. The molecule has 0 unspecified atom stereocenters. The highest BCUT2D eigenvalue weighted by Crippen LogP contribution is 2.42. The lowest BCUT2D eigenvalue weighted by molar-refractivity contribution is 0.368. The molecule has 0 amide bonds. The van der Waals surface area contributed by atoms with E-state index >= 15 is 0 Å². The van der Waals surface area contributed by atoms with E-state index in [4.69, 9.17) is 4.98 Å². The number of hydrogen-bond donors (Lipinski definition) is 4. The molecule has 0 aliphatic heterocycles. The van der Waals surface area contributed by atoms with Gasteiger partial charge in [-0.1, -0.05) is 0 Å². The Morgan fingerprint density at radius 2 is 1.62 bits per heavy atom. The quantitative estimate of drug-likeness (QED) is 0.385. The van der Waals surface area contributed by atoms with Gasteiger partial charge in [-0.25, -0.2) is 4.98 Å². The summed E-state index contributed by atoms with van der Waals surface area (Å²) in [4.78, 5) is 8.15. The number of aromatic hydroxyl groups is 3. The SMILES string of the molecule is Oc1cc(-c2nc3ccc4[nH]ccc4c3c3c2CCCC3)cc(O)c1O. The first-order valence-corrected chi connectivity index (χ1v) is 8.80. The lowest BCUT2D eigenvalue weighted by Gasteiger charge is -2.22. The van der Waals surface area contributed by atoms with Crippen LogP contribution in [0.5, 0.6) is 17.2 Å². The van der Waals surface area contributed by atoms with Crippen LogP contribution in [0, 0.1) is 0 Å². The summed E-state index contributed by atoms with van der Waals surface area (Å²) in [6.07, 6.45) is 6.08. The van der Waals surface area contributed by atoms with Gasteiger partial charge in [-0.15, -0.1) is 0 Å². The van der Waals surface area contributed by atoms with Gasteiger partial charge in [0.2, 0.25) is 0 Å². The van der Waals surface area contributed by atoms with E-state index in [1.165, 1.54) is 34.0 Å². The lowest BCUT2D eigenvalue weighted by atomic mass is 9.85. The molecule has 5 heteroatoms. The number of H-pyrrole nitrogens is 1. The van der Waals surface area contributed by atoms with Crippen LogP contribution >= 0.6 is 0 Å². The van der Waals surface area contributed by atoms with Crippen molar-refractivity contribution in [1.82, 2.24) is 9.97 Å². The van der Waals surface area contributed by atoms with Crippen molar-refractivity contribution in [1.29, 1.82) is 0 Å². The van der Waals surface area contributed by atoms with Gasteiger partial charge in [0.1, 0.15) is 0 Å². The van der Waals surface area contributed by atoms with E-state index in [9.17, 15) is 15.3 Å². The Morgan fingerprint density at radius 1 is 0.885 bits per heavy atom. The smallest absolute Gasteiger partial charge is 0.200 e.